The van der Waals surface area contributed by atoms with E-state index < -0.39 is 5.60 Å². The quantitative estimate of drug-likeness (QED) is 0.726. The first-order valence-electron chi connectivity index (χ1n) is 9.61. The van der Waals surface area contributed by atoms with Gasteiger partial charge in [0.1, 0.15) is 17.2 Å². The third-order valence-electron chi connectivity index (χ3n) is 5.63. The molecule has 0 saturated carbocycles. The van der Waals surface area contributed by atoms with Crippen molar-refractivity contribution in [2.24, 2.45) is 5.92 Å². The summed E-state index contributed by atoms with van der Waals surface area (Å²) in [5, 5.41) is 20.7. The van der Waals surface area contributed by atoms with Crippen LogP contribution in [-0.2, 0) is 5.60 Å². The Bertz CT molecular complexity index is 665. The SMILES string of the molecule is OCCCCN1CCC(C(O)(c2ccc(F)cc2)c2ccc(F)cc2)CC1. The number of hydrogen-bond donors (Lipinski definition) is 2. The van der Waals surface area contributed by atoms with E-state index in [-0.39, 0.29) is 24.2 Å². The second kappa shape index (κ2) is 8.91. The summed E-state index contributed by atoms with van der Waals surface area (Å²) in [6.45, 7) is 2.88. The number of piperidine rings is 1. The zero-order chi connectivity index (χ0) is 19.3. The minimum Gasteiger partial charge on any atom is -0.396 e. The summed E-state index contributed by atoms with van der Waals surface area (Å²) in [5.74, 6) is -0.736. The Kier molecular flexibility index (Phi) is 6.58. The Labute approximate surface area is 159 Å². The Morgan fingerprint density at radius 3 is 1.78 bits per heavy atom. The molecule has 0 spiro atoms. The van der Waals surface area contributed by atoms with E-state index >= 15 is 0 Å². The smallest absolute Gasteiger partial charge is 0.123 e. The van der Waals surface area contributed by atoms with E-state index in [9.17, 15) is 13.9 Å². The Hall–Kier alpha value is -1.82. The molecule has 0 bridgehead atoms. The molecule has 1 fully saturated rings. The van der Waals surface area contributed by atoms with Gasteiger partial charge in [0.25, 0.3) is 0 Å². The maximum absolute atomic E-state index is 13.4. The first kappa shape index (κ1) is 19.9. The van der Waals surface area contributed by atoms with E-state index in [0.29, 0.717) is 11.1 Å². The summed E-state index contributed by atoms with van der Waals surface area (Å²) >= 11 is 0. The van der Waals surface area contributed by atoms with E-state index in [0.717, 1.165) is 45.3 Å². The second-order valence-electron chi connectivity index (χ2n) is 7.33. The van der Waals surface area contributed by atoms with Crippen LogP contribution in [0.4, 0.5) is 8.78 Å². The highest BCUT2D eigenvalue weighted by Crippen LogP contribution is 2.42. The summed E-state index contributed by atoms with van der Waals surface area (Å²) in [4.78, 5) is 2.35. The fourth-order valence-corrected chi connectivity index (χ4v) is 4.07. The number of aliphatic hydroxyl groups excluding tert-OH is 1. The lowest BCUT2D eigenvalue weighted by atomic mass is 9.72. The Morgan fingerprint density at radius 2 is 1.33 bits per heavy atom. The van der Waals surface area contributed by atoms with Crippen molar-refractivity contribution in [3.8, 4) is 0 Å². The molecule has 2 N–H and O–H groups in total. The monoisotopic (exact) mass is 375 g/mol. The zero-order valence-corrected chi connectivity index (χ0v) is 15.5. The summed E-state index contributed by atoms with van der Waals surface area (Å²) in [6.07, 6.45) is 3.35. The highest BCUT2D eigenvalue weighted by Gasteiger charge is 2.41. The van der Waals surface area contributed by atoms with E-state index in [1.807, 2.05) is 0 Å². The van der Waals surface area contributed by atoms with Crippen LogP contribution in [0, 0.1) is 17.6 Å². The van der Waals surface area contributed by atoms with Crippen LogP contribution in [0.15, 0.2) is 48.5 Å². The lowest BCUT2D eigenvalue weighted by Crippen LogP contribution is -2.44. The predicted octanol–water partition coefficient (Wildman–Crippen LogP) is 3.69. The van der Waals surface area contributed by atoms with Crippen molar-refractivity contribution >= 4 is 0 Å². The molecule has 1 aliphatic heterocycles. The van der Waals surface area contributed by atoms with Gasteiger partial charge >= 0.3 is 0 Å². The number of aliphatic hydroxyl groups is 2. The van der Waals surface area contributed by atoms with Crippen LogP contribution < -0.4 is 0 Å². The minimum atomic E-state index is -1.28. The maximum Gasteiger partial charge on any atom is 0.123 e. The number of benzene rings is 2. The largest absolute Gasteiger partial charge is 0.396 e. The van der Waals surface area contributed by atoms with Gasteiger partial charge in [0.2, 0.25) is 0 Å². The molecule has 2 aromatic carbocycles. The molecule has 0 aliphatic carbocycles. The molecule has 5 heteroatoms. The number of nitrogens with zero attached hydrogens (tertiary/aromatic N) is 1. The normalized spacial score (nSPS) is 16.6. The lowest BCUT2D eigenvalue weighted by molar-refractivity contribution is -0.0145. The highest BCUT2D eigenvalue weighted by atomic mass is 19.1. The van der Waals surface area contributed by atoms with E-state index in [4.69, 9.17) is 5.11 Å². The molecule has 3 nitrogen and oxygen atoms in total. The van der Waals surface area contributed by atoms with Crippen molar-refractivity contribution in [2.75, 3.05) is 26.2 Å². The summed E-state index contributed by atoms with van der Waals surface area (Å²) in [7, 11) is 0. The van der Waals surface area contributed by atoms with E-state index in [1.165, 1.54) is 24.3 Å². The topological polar surface area (TPSA) is 43.7 Å². The van der Waals surface area contributed by atoms with E-state index in [1.54, 1.807) is 24.3 Å². The fourth-order valence-electron chi connectivity index (χ4n) is 4.07. The lowest BCUT2D eigenvalue weighted by Gasteiger charge is -2.42. The third-order valence-corrected chi connectivity index (χ3v) is 5.63. The molecule has 27 heavy (non-hydrogen) atoms. The van der Waals surface area contributed by atoms with Crippen LogP contribution in [0.3, 0.4) is 0 Å². The summed E-state index contributed by atoms with van der Waals surface area (Å²) in [6, 6.07) is 11.9. The fraction of sp³-hybridized carbons (Fsp3) is 0.455. The zero-order valence-electron chi connectivity index (χ0n) is 15.5. The van der Waals surface area contributed by atoms with Crippen LogP contribution >= 0.6 is 0 Å². The van der Waals surface area contributed by atoms with Crippen molar-refractivity contribution in [3.05, 3.63) is 71.3 Å². The molecule has 146 valence electrons. The van der Waals surface area contributed by atoms with Gasteiger partial charge in [0, 0.05) is 6.61 Å². The Balaban J connectivity index is 1.83. The molecule has 3 rings (SSSR count). The molecule has 0 amide bonds. The van der Waals surface area contributed by atoms with Crippen molar-refractivity contribution in [3.63, 3.8) is 0 Å². The van der Waals surface area contributed by atoms with Crippen molar-refractivity contribution in [2.45, 2.75) is 31.3 Å². The highest BCUT2D eigenvalue weighted by molar-refractivity contribution is 5.37. The van der Waals surface area contributed by atoms with Crippen LogP contribution in [-0.4, -0.2) is 41.4 Å². The average molecular weight is 375 g/mol. The first-order valence-corrected chi connectivity index (χ1v) is 9.61. The van der Waals surface area contributed by atoms with Crippen LogP contribution in [0.1, 0.15) is 36.8 Å². The third kappa shape index (κ3) is 4.54. The first-order chi connectivity index (χ1) is 13.0. The minimum absolute atomic E-state index is 0.0393. The number of hydrogen-bond acceptors (Lipinski definition) is 3. The molecule has 0 atom stereocenters. The van der Waals surface area contributed by atoms with Gasteiger partial charge in [-0.25, -0.2) is 8.78 Å². The van der Waals surface area contributed by atoms with E-state index in [2.05, 4.69) is 4.90 Å². The molecule has 2 aromatic rings. The van der Waals surface area contributed by atoms with Crippen LogP contribution in [0.5, 0.6) is 0 Å². The average Bonchev–Trinajstić information content (AvgIpc) is 2.69. The molecule has 1 aliphatic rings. The summed E-state index contributed by atoms with van der Waals surface area (Å²) < 4.78 is 26.8. The Morgan fingerprint density at radius 1 is 0.852 bits per heavy atom. The van der Waals surface area contributed by atoms with Gasteiger partial charge in [-0.15, -0.1) is 0 Å². The number of rotatable bonds is 7. The van der Waals surface area contributed by atoms with Gasteiger partial charge in [-0.3, -0.25) is 0 Å². The van der Waals surface area contributed by atoms with Crippen LogP contribution in [0.25, 0.3) is 0 Å². The molecule has 1 saturated heterocycles. The number of halogens is 2. The molecule has 0 aromatic heterocycles. The molecule has 1 heterocycles. The van der Waals surface area contributed by atoms with Gasteiger partial charge in [-0.05, 0) is 86.6 Å². The van der Waals surface area contributed by atoms with Gasteiger partial charge in [0.05, 0.1) is 0 Å². The van der Waals surface area contributed by atoms with Crippen molar-refractivity contribution in [1.82, 2.24) is 4.90 Å². The standard InChI is InChI=1S/C22H27F2NO2/c23-20-7-3-17(4-8-20)22(27,18-5-9-21(24)10-6-18)19-11-14-25(15-12-19)13-1-2-16-26/h3-10,19,26-27H,1-2,11-16H2. The molecule has 0 radical (unpaired) electrons. The van der Waals surface area contributed by atoms with Gasteiger partial charge in [-0.2, -0.15) is 0 Å². The van der Waals surface area contributed by atoms with Gasteiger partial charge in [-0.1, -0.05) is 24.3 Å². The molecular formula is C22H27F2NO2. The maximum atomic E-state index is 13.4. The molecule has 0 unspecified atom stereocenters. The number of likely N-dealkylation sites (tertiary alicyclic amines) is 1. The summed E-state index contributed by atoms with van der Waals surface area (Å²) in [5.41, 5.74) is -0.0121. The van der Waals surface area contributed by atoms with Crippen molar-refractivity contribution < 1.29 is 19.0 Å². The van der Waals surface area contributed by atoms with Crippen LogP contribution in [0.2, 0.25) is 0 Å². The van der Waals surface area contributed by atoms with Crippen molar-refractivity contribution in [1.29, 1.82) is 0 Å². The number of unbranched alkanes of at least 4 members (excludes halogenated alkanes) is 1. The molecular weight excluding hydrogens is 348 g/mol. The van der Waals surface area contributed by atoms with Gasteiger partial charge in [0.15, 0.2) is 0 Å². The predicted molar refractivity (Wildman–Crippen MR) is 101 cm³/mol. The van der Waals surface area contributed by atoms with Gasteiger partial charge < -0.3 is 15.1 Å². The second-order valence-corrected chi connectivity index (χ2v) is 7.33.